The second-order valence-corrected chi connectivity index (χ2v) is 5.11. The fourth-order valence-corrected chi connectivity index (χ4v) is 2.01. The first-order chi connectivity index (χ1) is 10.8. The molecule has 3 nitrogen and oxygen atoms in total. The maximum Gasteiger partial charge on any atom is 0.270 e. The number of nitrogens with one attached hydrogen (secondary N) is 1. The van der Waals surface area contributed by atoms with Crippen LogP contribution >= 0.6 is 0 Å². The van der Waals surface area contributed by atoms with Gasteiger partial charge in [-0.25, -0.2) is 13.2 Å². The van der Waals surface area contributed by atoms with E-state index in [2.05, 4.69) is 5.32 Å². The molecular weight excluding hydrogens is 307 g/mol. The molecule has 0 aliphatic carbocycles. The van der Waals surface area contributed by atoms with Crippen LogP contribution in [0.5, 0.6) is 5.75 Å². The summed E-state index contributed by atoms with van der Waals surface area (Å²) >= 11 is 0. The number of ether oxygens (including phenoxy) is 1. The minimum absolute atomic E-state index is 0.0342. The number of carbonyl (C=O) groups excluding carboxylic acids is 1. The average Bonchev–Trinajstić information content (AvgIpc) is 2.53. The Morgan fingerprint density at radius 2 is 1.83 bits per heavy atom. The van der Waals surface area contributed by atoms with Gasteiger partial charge in [-0.05, 0) is 30.3 Å². The molecule has 0 fully saturated rings. The summed E-state index contributed by atoms with van der Waals surface area (Å²) in [6.45, 7) is 0.751. The van der Waals surface area contributed by atoms with Gasteiger partial charge in [0.1, 0.15) is 11.6 Å². The number of alkyl halides is 2. The summed E-state index contributed by atoms with van der Waals surface area (Å²) in [5.41, 5.74) is 0.323. The number of rotatable bonds is 5. The quantitative estimate of drug-likeness (QED) is 0.907. The van der Waals surface area contributed by atoms with E-state index in [-0.39, 0.29) is 23.2 Å². The molecule has 0 unspecified atom stereocenters. The highest BCUT2D eigenvalue weighted by Gasteiger charge is 2.24. The van der Waals surface area contributed by atoms with E-state index in [1.54, 1.807) is 0 Å². The van der Waals surface area contributed by atoms with Crippen LogP contribution in [0.1, 0.15) is 28.4 Å². The van der Waals surface area contributed by atoms with Gasteiger partial charge in [-0.3, -0.25) is 4.79 Å². The molecule has 0 atom stereocenters. The molecule has 1 amide bonds. The Labute approximate surface area is 132 Å². The van der Waals surface area contributed by atoms with Gasteiger partial charge in [-0.15, -0.1) is 0 Å². The predicted octanol–water partition coefficient (Wildman–Crippen LogP) is 3.88. The lowest BCUT2D eigenvalue weighted by Crippen LogP contribution is -2.23. The number of halogens is 3. The first-order valence-electron chi connectivity index (χ1n) is 6.90. The van der Waals surface area contributed by atoms with Gasteiger partial charge < -0.3 is 10.1 Å². The standard InChI is InChI=1S/C17H16F3NO2/c1-17(19,20)13-5-3-11(4-6-13)16(22)21-10-12-9-14(23-2)7-8-15(12)18/h3-9H,10H2,1-2H3,(H,21,22). The molecule has 2 rings (SSSR count). The van der Waals surface area contributed by atoms with Crippen molar-refractivity contribution >= 4 is 5.91 Å². The molecule has 6 heteroatoms. The molecule has 0 radical (unpaired) electrons. The van der Waals surface area contributed by atoms with Crippen LogP contribution in [0.4, 0.5) is 13.2 Å². The molecule has 2 aromatic rings. The van der Waals surface area contributed by atoms with Crippen molar-refractivity contribution in [2.45, 2.75) is 19.4 Å². The van der Waals surface area contributed by atoms with Crippen LogP contribution in [0.2, 0.25) is 0 Å². The smallest absolute Gasteiger partial charge is 0.270 e. The molecular formula is C17H16F3NO2. The van der Waals surface area contributed by atoms with Crippen molar-refractivity contribution in [2.24, 2.45) is 0 Å². The number of hydrogen-bond donors (Lipinski definition) is 1. The van der Waals surface area contributed by atoms with Crippen molar-refractivity contribution in [2.75, 3.05) is 7.11 Å². The largest absolute Gasteiger partial charge is 0.497 e. The van der Waals surface area contributed by atoms with Gasteiger partial charge in [0.2, 0.25) is 0 Å². The molecule has 0 saturated heterocycles. The van der Waals surface area contributed by atoms with Gasteiger partial charge in [0, 0.05) is 30.2 Å². The highest BCUT2D eigenvalue weighted by molar-refractivity contribution is 5.94. The highest BCUT2D eigenvalue weighted by atomic mass is 19.3. The monoisotopic (exact) mass is 323 g/mol. The number of carbonyl (C=O) groups is 1. The zero-order valence-electron chi connectivity index (χ0n) is 12.7. The second-order valence-electron chi connectivity index (χ2n) is 5.11. The zero-order valence-corrected chi connectivity index (χ0v) is 12.7. The van der Waals surface area contributed by atoms with Crippen molar-refractivity contribution in [3.8, 4) is 5.75 Å². The summed E-state index contributed by atoms with van der Waals surface area (Å²) in [5, 5.41) is 2.54. The Morgan fingerprint density at radius 3 is 2.39 bits per heavy atom. The van der Waals surface area contributed by atoms with E-state index in [4.69, 9.17) is 4.74 Å². The van der Waals surface area contributed by atoms with Crippen LogP contribution in [0, 0.1) is 5.82 Å². The molecule has 0 heterocycles. The maximum atomic E-state index is 13.7. The van der Waals surface area contributed by atoms with E-state index in [0.717, 1.165) is 6.92 Å². The summed E-state index contributed by atoms with van der Waals surface area (Å²) in [6, 6.07) is 9.22. The molecule has 1 N–H and O–H groups in total. The van der Waals surface area contributed by atoms with Gasteiger partial charge in [0.15, 0.2) is 0 Å². The third-order valence-corrected chi connectivity index (χ3v) is 3.35. The average molecular weight is 323 g/mol. The van der Waals surface area contributed by atoms with Crippen molar-refractivity contribution in [3.05, 3.63) is 65.0 Å². The van der Waals surface area contributed by atoms with Gasteiger partial charge in [0.05, 0.1) is 7.11 Å². The number of benzene rings is 2. The van der Waals surface area contributed by atoms with Crippen LogP contribution in [0.15, 0.2) is 42.5 Å². The molecule has 0 saturated carbocycles. The topological polar surface area (TPSA) is 38.3 Å². The highest BCUT2D eigenvalue weighted by Crippen LogP contribution is 2.26. The first kappa shape index (κ1) is 16.9. The molecule has 2 aromatic carbocycles. The third kappa shape index (κ3) is 4.25. The number of methoxy groups -OCH3 is 1. The minimum Gasteiger partial charge on any atom is -0.497 e. The second kappa shape index (κ2) is 6.73. The van der Waals surface area contributed by atoms with Crippen LogP contribution < -0.4 is 10.1 Å². The fourth-order valence-electron chi connectivity index (χ4n) is 2.01. The first-order valence-corrected chi connectivity index (χ1v) is 6.90. The molecule has 0 aromatic heterocycles. The molecule has 0 aliphatic rings. The fraction of sp³-hybridized carbons (Fsp3) is 0.235. The number of hydrogen-bond acceptors (Lipinski definition) is 2. The van der Waals surface area contributed by atoms with E-state index in [1.807, 2.05) is 0 Å². The molecule has 0 spiro atoms. The van der Waals surface area contributed by atoms with Crippen molar-refractivity contribution < 1.29 is 22.7 Å². The summed E-state index contributed by atoms with van der Waals surface area (Å²) in [4.78, 5) is 12.0. The summed E-state index contributed by atoms with van der Waals surface area (Å²) in [7, 11) is 1.46. The lowest BCUT2D eigenvalue weighted by atomic mass is 10.1. The summed E-state index contributed by atoms with van der Waals surface area (Å²) in [5.74, 6) is -3.42. The van der Waals surface area contributed by atoms with E-state index >= 15 is 0 Å². The third-order valence-electron chi connectivity index (χ3n) is 3.35. The van der Waals surface area contributed by atoms with E-state index in [9.17, 15) is 18.0 Å². The van der Waals surface area contributed by atoms with Crippen LogP contribution in [-0.4, -0.2) is 13.0 Å². The van der Waals surface area contributed by atoms with E-state index < -0.39 is 17.6 Å². The lowest BCUT2D eigenvalue weighted by Gasteiger charge is -2.11. The van der Waals surface area contributed by atoms with Crippen molar-refractivity contribution in [3.63, 3.8) is 0 Å². The van der Waals surface area contributed by atoms with Gasteiger partial charge in [-0.1, -0.05) is 12.1 Å². The Hall–Kier alpha value is -2.50. The zero-order chi connectivity index (χ0) is 17.0. The maximum absolute atomic E-state index is 13.7. The van der Waals surface area contributed by atoms with Gasteiger partial charge in [0.25, 0.3) is 11.8 Å². The van der Waals surface area contributed by atoms with Crippen molar-refractivity contribution in [1.82, 2.24) is 5.32 Å². The Balaban J connectivity index is 2.05. The van der Waals surface area contributed by atoms with Crippen LogP contribution in [-0.2, 0) is 12.5 Å². The van der Waals surface area contributed by atoms with Crippen LogP contribution in [0.3, 0.4) is 0 Å². The van der Waals surface area contributed by atoms with Gasteiger partial charge >= 0.3 is 0 Å². The Kier molecular flexibility index (Phi) is 4.93. The lowest BCUT2D eigenvalue weighted by molar-refractivity contribution is 0.0174. The van der Waals surface area contributed by atoms with Crippen molar-refractivity contribution in [1.29, 1.82) is 0 Å². The minimum atomic E-state index is -2.96. The molecule has 122 valence electrons. The predicted molar refractivity (Wildman–Crippen MR) is 80.1 cm³/mol. The Morgan fingerprint density at radius 1 is 1.17 bits per heavy atom. The molecule has 23 heavy (non-hydrogen) atoms. The molecule has 0 aliphatic heterocycles. The van der Waals surface area contributed by atoms with E-state index in [0.29, 0.717) is 5.75 Å². The normalized spacial score (nSPS) is 11.2. The SMILES string of the molecule is COc1ccc(F)c(CNC(=O)c2ccc(C(C)(F)F)cc2)c1. The number of amides is 1. The Bertz CT molecular complexity index is 694. The molecule has 0 bridgehead atoms. The summed E-state index contributed by atoms with van der Waals surface area (Å²) in [6.07, 6.45) is 0. The van der Waals surface area contributed by atoms with Crippen LogP contribution in [0.25, 0.3) is 0 Å². The van der Waals surface area contributed by atoms with E-state index in [1.165, 1.54) is 49.6 Å². The summed E-state index contributed by atoms with van der Waals surface area (Å²) < 4.78 is 44.9. The van der Waals surface area contributed by atoms with Gasteiger partial charge in [-0.2, -0.15) is 0 Å².